The van der Waals surface area contributed by atoms with Crippen molar-refractivity contribution >= 4 is 16.7 Å². The van der Waals surface area contributed by atoms with Crippen molar-refractivity contribution in [3.63, 3.8) is 0 Å². The summed E-state index contributed by atoms with van der Waals surface area (Å²) in [6.07, 6.45) is -4.97. The standard InChI is InChI=1S/C30H31F3N4O3/c31-30(32,33)40-25-9-6-23(7-10-25)20-37-27-18-24(36-13-15-38-16-14-36)8-11-26(27)34-29(37)28-21-35(12-17-39-28)19-22-4-2-1-3-5-22/h1-11,18,28H,12-17,19-21H2. The van der Waals surface area contributed by atoms with Crippen LogP contribution in [0.3, 0.4) is 0 Å². The highest BCUT2D eigenvalue weighted by atomic mass is 19.4. The second kappa shape index (κ2) is 11.5. The van der Waals surface area contributed by atoms with Crippen molar-refractivity contribution in [1.29, 1.82) is 0 Å². The Balaban J connectivity index is 1.32. The summed E-state index contributed by atoms with van der Waals surface area (Å²) in [5.74, 6) is 0.566. The highest BCUT2D eigenvalue weighted by Crippen LogP contribution is 2.31. The molecule has 2 saturated heterocycles. The van der Waals surface area contributed by atoms with E-state index in [1.807, 2.05) is 24.3 Å². The van der Waals surface area contributed by atoms with Crippen LogP contribution in [0.5, 0.6) is 5.75 Å². The lowest BCUT2D eigenvalue weighted by molar-refractivity contribution is -0.274. The summed E-state index contributed by atoms with van der Waals surface area (Å²) in [5.41, 5.74) is 4.98. The number of fused-ring (bicyclic) bond motifs is 1. The van der Waals surface area contributed by atoms with Crippen LogP contribution < -0.4 is 9.64 Å². The van der Waals surface area contributed by atoms with E-state index in [4.69, 9.17) is 14.5 Å². The number of benzene rings is 3. The number of hydrogen-bond acceptors (Lipinski definition) is 6. The molecule has 3 aromatic carbocycles. The predicted octanol–water partition coefficient (Wildman–Crippen LogP) is 5.39. The summed E-state index contributed by atoms with van der Waals surface area (Å²) < 4.78 is 56.0. The van der Waals surface area contributed by atoms with Gasteiger partial charge in [0.25, 0.3) is 0 Å². The number of rotatable bonds is 7. The smallest absolute Gasteiger partial charge is 0.406 e. The molecule has 3 heterocycles. The average molecular weight is 553 g/mol. The van der Waals surface area contributed by atoms with Crippen molar-refractivity contribution in [1.82, 2.24) is 14.5 Å². The monoisotopic (exact) mass is 552 g/mol. The van der Waals surface area contributed by atoms with Gasteiger partial charge in [0.1, 0.15) is 17.7 Å². The van der Waals surface area contributed by atoms with E-state index in [-0.39, 0.29) is 11.9 Å². The first-order chi connectivity index (χ1) is 19.4. The zero-order valence-electron chi connectivity index (χ0n) is 22.0. The molecule has 2 aliphatic heterocycles. The first-order valence-corrected chi connectivity index (χ1v) is 13.5. The molecule has 1 unspecified atom stereocenters. The summed E-state index contributed by atoms with van der Waals surface area (Å²) >= 11 is 0. The van der Waals surface area contributed by atoms with Crippen molar-refractivity contribution in [2.45, 2.75) is 25.6 Å². The molecule has 2 aliphatic rings. The van der Waals surface area contributed by atoms with Crippen LogP contribution in [-0.4, -0.2) is 66.8 Å². The van der Waals surface area contributed by atoms with Crippen LogP contribution in [0.1, 0.15) is 23.1 Å². The van der Waals surface area contributed by atoms with Gasteiger partial charge in [-0.05, 0) is 41.5 Å². The fraction of sp³-hybridized carbons (Fsp3) is 0.367. The van der Waals surface area contributed by atoms with E-state index in [1.165, 1.54) is 17.7 Å². The average Bonchev–Trinajstić information content (AvgIpc) is 3.32. The Bertz CT molecular complexity index is 1420. The van der Waals surface area contributed by atoms with E-state index < -0.39 is 6.36 Å². The number of alkyl halides is 3. The molecular formula is C30H31F3N4O3. The van der Waals surface area contributed by atoms with E-state index in [2.05, 4.69) is 43.4 Å². The van der Waals surface area contributed by atoms with Crippen molar-refractivity contribution < 1.29 is 27.4 Å². The van der Waals surface area contributed by atoms with Crippen LogP contribution in [0.2, 0.25) is 0 Å². The Morgan fingerprint density at radius 2 is 1.60 bits per heavy atom. The lowest BCUT2D eigenvalue weighted by atomic mass is 10.1. The predicted molar refractivity (Wildman–Crippen MR) is 145 cm³/mol. The number of imidazole rings is 1. The van der Waals surface area contributed by atoms with Crippen molar-refractivity contribution in [3.8, 4) is 5.75 Å². The number of hydrogen-bond donors (Lipinski definition) is 0. The Morgan fingerprint density at radius 1 is 0.850 bits per heavy atom. The Kier molecular flexibility index (Phi) is 7.64. The molecule has 7 nitrogen and oxygen atoms in total. The Morgan fingerprint density at radius 3 is 2.35 bits per heavy atom. The second-order valence-corrected chi connectivity index (χ2v) is 10.1. The van der Waals surface area contributed by atoms with Crippen LogP contribution in [0.25, 0.3) is 11.0 Å². The first kappa shape index (κ1) is 26.6. The second-order valence-electron chi connectivity index (χ2n) is 10.1. The molecule has 0 N–H and O–H groups in total. The number of anilines is 1. The molecule has 0 amide bonds. The summed E-state index contributed by atoms with van der Waals surface area (Å²) in [7, 11) is 0. The SMILES string of the molecule is FC(F)(F)Oc1ccc(Cn2c(C3CN(Cc4ccccc4)CCO3)nc3ccc(N4CCOCC4)cc32)cc1. The quantitative estimate of drug-likeness (QED) is 0.306. The maximum atomic E-state index is 12.7. The summed E-state index contributed by atoms with van der Waals surface area (Å²) in [6, 6.07) is 22.6. The minimum atomic E-state index is -4.73. The van der Waals surface area contributed by atoms with Gasteiger partial charge in [-0.15, -0.1) is 13.2 Å². The molecular weight excluding hydrogens is 521 g/mol. The van der Waals surface area contributed by atoms with E-state index >= 15 is 0 Å². The molecule has 210 valence electrons. The van der Waals surface area contributed by atoms with E-state index in [9.17, 15) is 13.2 Å². The number of nitrogens with zero attached hydrogens (tertiary/aromatic N) is 4. The first-order valence-electron chi connectivity index (χ1n) is 13.5. The van der Waals surface area contributed by atoms with Crippen LogP contribution >= 0.6 is 0 Å². The van der Waals surface area contributed by atoms with Gasteiger partial charge in [0.2, 0.25) is 0 Å². The normalized spacial score (nSPS) is 18.8. The van der Waals surface area contributed by atoms with Crippen molar-refractivity contribution in [2.75, 3.05) is 50.9 Å². The largest absolute Gasteiger partial charge is 0.573 e. The van der Waals surface area contributed by atoms with Gasteiger partial charge in [-0.3, -0.25) is 4.90 Å². The zero-order chi connectivity index (χ0) is 27.5. The number of halogens is 3. The van der Waals surface area contributed by atoms with Crippen LogP contribution in [0, 0.1) is 0 Å². The minimum Gasteiger partial charge on any atom is -0.406 e. The van der Waals surface area contributed by atoms with Crippen LogP contribution in [-0.2, 0) is 22.6 Å². The zero-order valence-corrected chi connectivity index (χ0v) is 22.0. The third kappa shape index (κ3) is 6.24. The Hall–Kier alpha value is -3.60. The molecule has 1 atom stereocenters. The fourth-order valence-electron chi connectivity index (χ4n) is 5.38. The Labute approximate surface area is 230 Å². The summed E-state index contributed by atoms with van der Waals surface area (Å²) in [6.45, 7) is 6.35. The third-order valence-electron chi connectivity index (χ3n) is 7.32. The number of ether oxygens (including phenoxy) is 3. The van der Waals surface area contributed by atoms with Gasteiger partial charge in [-0.2, -0.15) is 0 Å². The molecule has 0 radical (unpaired) electrons. The van der Waals surface area contributed by atoms with Crippen molar-refractivity contribution in [2.24, 2.45) is 0 Å². The summed E-state index contributed by atoms with van der Waals surface area (Å²) in [5, 5.41) is 0. The van der Waals surface area contributed by atoms with Crippen LogP contribution in [0.15, 0.2) is 72.8 Å². The van der Waals surface area contributed by atoms with E-state index in [1.54, 1.807) is 12.1 Å². The molecule has 0 aliphatic carbocycles. The van der Waals surface area contributed by atoms with Gasteiger partial charge in [-0.1, -0.05) is 42.5 Å². The van der Waals surface area contributed by atoms with Gasteiger partial charge in [0.15, 0.2) is 0 Å². The van der Waals surface area contributed by atoms with E-state index in [0.29, 0.717) is 32.9 Å². The molecule has 2 fully saturated rings. The van der Waals surface area contributed by atoms with Gasteiger partial charge in [-0.25, -0.2) is 4.98 Å². The maximum absolute atomic E-state index is 12.7. The lowest BCUT2D eigenvalue weighted by Gasteiger charge is -2.33. The number of morpholine rings is 2. The maximum Gasteiger partial charge on any atom is 0.573 e. The highest BCUT2D eigenvalue weighted by Gasteiger charge is 2.31. The molecule has 4 aromatic rings. The molecule has 10 heteroatoms. The summed E-state index contributed by atoms with van der Waals surface area (Å²) in [4.78, 5) is 9.69. The van der Waals surface area contributed by atoms with Gasteiger partial charge >= 0.3 is 6.36 Å². The third-order valence-corrected chi connectivity index (χ3v) is 7.32. The number of aromatic nitrogens is 2. The minimum absolute atomic E-state index is 0.242. The fourth-order valence-corrected chi connectivity index (χ4v) is 5.38. The molecule has 40 heavy (non-hydrogen) atoms. The van der Waals surface area contributed by atoms with Gasteiger partial charge in [0, 0.05) is 45.0 Å². The molecule has 0 saturated carbocycles. The topological polar surface area (TPSA) is 52.0 Å². The van der Waals surface area contributed by atoms with Crippen molar-refractivity contribution in [3.05, 3.63) is 89.7 Å². The van der Waals surface area contributed by atoms with Gasteiger partial charge < -0.3 is 23.7 Å². The lowest BCUT2D eigenvalue weighted by Crippen LogP contribution is -2.38. The molecule has 0 spiro atoms. The van der Waals surface area contributed by atoms with Crippen LogP contribution in [0.4, 0.5) is 18.9 Å². The molecule has 0 bridgehead atoms. The van der Waals surface area contributed by atoms with E-state index in [0.717, 1.165) is 54.3 Å². The highest BCUT2D eigenvalue weighted by molar-refractivity contribution is 5.81. The molecule has 1 aromatic heterocycles. The van der Waals surface area contributed by atoms with Gasteiger partial charge in [0.05, 0.1) is 30.9 Å². The molecule has 6 rings (SSSR count).